The van der Waals surface area contributed by atoms with Crippen LogP contribution >= 0.6 is 11.6 Å². The molecular formula is C45H62ClN3O5. The van der Waals surface area contributed by atoms with Crippen LogP contribution in [0.15, 0.2) is 35.4 Å². The van der Waals surface area contributed by atoms with Gasteiger partial charge in [-0.3, -0.25) is 14.4 Å². The van der Waals surface area contributed by atoms with Crippen molar-refractivity contribution in [1.29, 1.82) is 0 Å². The molecule has 0 aliphatic heterocycles. The Morgan fingerprint density at radius 3 is 2.28 bits per heavy atom. The fourth-order valence-electron chi connectivity index (χ4n) is 13.4. The molecule has 1 heterocycles. The van der Waals surface area contributed by atoms with E-state index < -0.39 is 17.4 Å². The van der Waals surface area contributed by atoms with Gasteiger partial charge >= 0.3 is 11.9 Å². The number of carboxylic acid groups (broad SMARTS) is 1. The highest BCUT2D eigenvalue weighted by molar-refractivity contribution is 6.30. The second kappa shape index (κ2) is 13.0. The smallest absolute Gasteiger partial charge is 0.309 e. The number of hydrogen-bond donors (Lipinski definition) is 1. The van der Waals surface area contributed by atoms with E-state index in [0.29, 0.717) is 41.4 Å². The Balaban J connectivity index is 1.19. The highest BCUT2D eigenvalue weighted by Gasteiger charge is 2.70. The number of hydrogen-bond acceptors (Lipinski definition) is 6. The number of aliphatic carboxylic acids is 1. The monoisotopic (exact) mass is 759 g/mol. The summed E-state index contributed by atoms with van der Waals surface area (Å²) in [7, 11) is 2.05. The van der Waals surface area contributed by atoms with E-state index in [1.807, 2.05) is 31.3 Å². The molecule has 1 N–H and O–H groups in total. The number of fused-ring (bicyclic) bond motifs is 7. The number of carbonyl (C=O) groups excluding carboxylic acids is 2. The molecule has 1 aromatic heterocycles. The zero-order chi connectivity index (χ0) is 39.4. The average molecular weight is 760 g/mol. The normalized spacial score (nSPS) is 36.0. The predicted octanol–water partition coefficient (Wildman–Crippen LogP) is 10.1. The summed E-state index contributed by atoms with van der Waals surface area (Å²) in [4.78, 5) is 39.1. The maximum absolute atomic E-state index is 14.2. The number of carboxylic acids is 1. The van der Waals surface area contributed by atoms with Gasteiger partial charge in [0.05, 0.1) is 11.8 Å². The number of ketones is 1. The standard InChI is InChI=1S/C45H62ClN3O5/c1-26(2)36-30(50)23-45(24-34-47-48-38(49(34)10)27-11-13-28(46)14-12-27)22-21-43(8)29(37(36)45)15-16-32-42(7)19-18-33(54-35(51)25-40(3,4)39(52)53)41(5,6)31(42)17-20-44(32,43)9/h11-14,26,29,31-33H,15-25H2,1-10H3,(H,52,53)/t29-,31+,32-,33+,42+,43-,44-,45+/m1/s1. The highest BCUT2D eigenvalue weighted by Crippen LogP contribution is 2.77. The number of ether oxygens (including phenoxy) is 1. The van der Waals surface area contributed by atoms with Crippen LogP contribution in [0.25, 0.3) is 11.4 Å². The van der Waals surface area contributed by atoms with E-state index >= 15 is 0 Å². The molecule has 4 saturated carbocycles. The highest BCUT2D eigenvalue weighted by atomic mass is 35.5. The Labute approximate surface area is 327 Å². The van der Waals surface area contributed by atoms with Crippen LogP contribution < -0.4 is 0 Å². The van der Waals surface area contributed by atoms with Crippen molar-refractivity contribution in [2.24, 2.45) is 63.2 Å². The second-order valence-corrected chi connectivity index (χ2v) is 20.8. The van der Waals surface area contributed by atoms with Gasteiger partial charge in [0, 0.05) is 41.3 Å². The van der Waals surface area contributed by atoms with Crippen molar-refractivity contribution in [2.75, 3.05) is 0 Å². The number of carbonyl (C=O) groups is 3. The van der Waals surface area contributed by atoms with Crippen molar-refractivity contribution in [3.63, 3.8) is 0 Å². The lowest BCUT2D eigenvalue weighted by Crippen LogP contribution is -2.65. The Kier molecular flexibility index (Phi) is 9.47. The van der Waals surface area contributed by atoms with Gasteiger partial charge in [-0.25, -0.2) is 0 Å². The second-order valence-electron chi connectivity index (χ2n) is 20.4. The van der Waals surface area contributed by atoms with Crippen molar-refractivity contribution in [2.45, 2.75) is 139 Å². The Hall–Kier alpha value is -3.00. The molecule has 54 heavy (non-hydrogen) atoms. The van der Waals surface area contributed by atoms with E-state index in [-0.39, 0.29) is 45.5 Å². The summed E-state index contributed by atoms with van der Waals surface area (Å²) in [5.41, 5.74) is 2.07. The summed E-state index contributed by atoms with van der Waals surface area (Å²) in [5.74, 6) is 2.07. The number of aromatic nitrogens is 3. The first-order valence-electron chi connectivity index (χ1n) is 20.5. The Morgan fingerprint density at radius 1 is 0.944 bits per heavy atom. The first-order chi connectivity index (χ1) is 25.1. The molecule has 7 rings (SSSR count). The molecule has 1 aromatic carbocycles. The van der Waals surface area contributed by atoms with Crippen molar-refractivity contribution in [1.82, 2.24) is 14.8 Å². The van der Waals surface area contributed by atoms with Gasteiger partial charge in [0.15, 0.2) is 11.6 Å². The molecule has 9 heteroatoms. The van der Waals surface area contributed by atoms with Gasteiger partial charge in [-0.05, 0) is 135 Å². The van der Waals surface area contributed by atoms with Crippen LogP contribution in [0.4, 0.5) is 0 Å². The molecule has 5 aliphatic rings. The minimum Gasteiger partial charge on any atom is -0.481 e. The third-order valence-electron chi connectivity index (χ3n) is 16.5. The SMILES string of the molecule is CC(C)C1=C2[C@H]3CC[C@@H]4[C@@]5(C)CC[C@H](OC(=O)CC(C)(C)C(=O)O)C(C)(C)[C@@H]5CC[C@@]4(C)[C@]3(C)CC[C@@]2(Cc2nnc(-c3ccc(Cl)cc3)n2C)CC1=O. The Bertz CT molecular complexity index is 1890. The molecule has 8 atom stereocenters. The van der Waals surface area contributed by atoms with Crippen LogP contribution in [-0.4, -0.2) is 43.7 Å². The van der Waals surface area contributed by atoms with E-state index in [0.717, 1.165) is 74.2 Å². The van der Waals surface area contributed by atoms with E-state index in [1.54, 1.807) is 13.8 Å². The van der Waals surface area contributed by atoms with Gasteiger partial charge in [-0.2, -0.15) is 0 Å². The maximum Gasteiger partial charge on any atom is 0.309 e. The number of allylic oxidation sites excluding steroid dienone is 2. The molecule has 4 fully saturated rings. The molecular weight excluding hydrogens is 698 g/mol. The topological polar surface area (TPSA) is 111 Å². The van der Waals surface area contributed by atoms with Gasteiger partial charge < -0.3 is 14.4 Å². The molecule has 0 unspecified atom stereocenters. The van der Waals surface area contributed by atoms with Crippen molar-refractivity contribution >= 4 is 29.3 Å². The lowest BCUT2D eigenvalue weighted by atomic mass is 9.33. The zero-order valence-corrected chi connectivity index (χ0v) is 35.0. The molecule has 0 amide bonds. The number of nitrogens with zero attached hydrogens (tertiary/aromatic N) is 3. The first-order valence-corrected chi connectivity index (χ1v) is 20.8. The molecule has 0 radical (unpaired) electrons. The van der Waals surface area contributed by atoms with Crippen molar-refractivity contribution < 1.29 is 24.2 Å². The van der Waals surface area contributed by atoms with Crippen LogP contribution in [0, 0.1) is 56.2 Å². The number of esters is 1. The third kappa shape index (κ3) is 5.76. The largest absolute Gasteiger partial charge is 0.481 e. The summed E-state index contributed by atoms with van der Waals surface area (Å²) in [6.07, 6.45) is 9.14. The fourth-order valence-corrected chi connectivity index (χ4v) is 13.6. The van der Waals surface area contributed by atoms with E-state index in [9.17, 15) is 19.5 Å². The van der Waals surface area contributed by atoms with Gasteiger partial charge in [0.1, 0.15) is 11.9 Å². The Morgan fingerprint density at radius 2 is 1.63 bits per heavy atom. The lowest BCUT2D eigenvalue weighted by molar-refractivity contribution is -0.233. The summed E-state index contributed by atoms with van der Waals surface area (Å²) < 4.78 is 8.30. The van der Waals surface area contributed by atoms with Crippen LogP contribution in [0.1, 0.15) is 132 Å². The fraction of sp³-hybridized carbons (Fsp3) is 0.711. The van der Waals surface area contributed by atoms with E-state index in [4.69, 9.17) is 21.4 Å². The quantitative estimate of drug-likeness (QED) is 0.267. The molecule has 294 valence electrons. The molecule has 8 nitrogen and oxygen atoms in total. The summed E-state index contributed by atoms with van der Waals surface area (Å²) >= 11 is 6.20. The minimum absolute atomic E-state index is 0.0394. The summed E-state index contributed by atoms with van der Waals surface area (Å²) in [6, 6.07) is 7.74. The summed E-state index contributed by atoms with van der Waals surface area (Å²) in [5, 5.41) is 19.7. The van der Waals surface area contributed by atoms with E-state index in [2.05, 4.69) is 58.1 Å². The predicted molar refractivity (Wildman–Crippen MR) is 210 cm³/mol. The van der Waals surface area contributed by atoms with Gasteiger partial charge in [-0.1, -0.05) is 65.6 Å². The summed E-state index contributed by atoms with van der Waals surface area (Å²) in [6.45, 7) is 19.9. The zero-order valence-electron chi connectivity index (χ0n) is 34.3. The minimum atomic E-state index is -1.16. The average Bonchev–Trinajstić information content (AvgIpc) is 3.58. The third-order valence-corrected chi connectivity index (χ3v) is 16.8. The van der Waals surface area contributed by atoms with Gasteiger partial charge in [0.2, 0.25) is 0 Å². The maximum atomic E-state index is 14.2. The number of benzene rings is 1. The molecule has 2 aromatic rings. The molecule has 0 saturated heterocycles. The van der Waals surface area contributed by atoms with Gasteiger partial charge in [-0.15, -0.1) is 10.2 Å². The molecule has 0 spiro atoms. The lowest BCUT2D eigenvalue weighted by Gasteiger charge is -2.72. The molecule has 5 aliphatic carbocycles. The van der Waals surface area contributed by atoms with Crippen LogP contribution in [-0.2, 0) is 32.6 Å². The van der Waals surface area contributed by atoms with Crippen LogP contribution in [0.3, 0.4) is 0 Å². The molecule has 0 bridgehead atoms. The number of Topliss-reactive ketones (excluding diaryl/α,β-unsaturated/α-hetero) is 1. The van der Waals surface area contributed by atoms with Gasteiger partial charge in [0.25, 0.3) is 0 Å². The van der Waals surface area contributed by atoms with Crippen molar-refractivity contribution in [3.8, 4) is 11.4 Å². The number of rotatable bonds is 8. The number of halogens is 1. The van der Waals surface area contributed by atoms with E-state index in [1.165, 1.54) is 5.57 Å². The first kappa shape index (κ1) is 39.2. The van der Waals surface area contributed by atoms with Crippen molar-refractivity contribution in [3.05, 3.63) is 46.3 Å². The van der Waals surface area contributed by atoms with Crippen LogP contribution in [0.5, 0.6) is 0 Å². The van der Waals surface area contributed by atoms with Crippen LogP contribution in [0.2, 0.25) is 5.02 Å².